The first-order valence-corrected chi connectivity index (χ1v) is 8.17. The summed E-state index contributed by atoms with van der Waals surface area (Å²) >= 11 is 1.77. The Balaban J connectivity index is 1.81. The van der Waals surface area contributed by atoms with Crippen molar-refractivity contribution in [1.82, 2.24) is 15.5 Å². The maximum absolute atomic E-state index is 5.73. The standard InChI is InChI=1S/C14H25N3OS/c1-4-12-11(6-8-18-12)14-17-16-13(19-14)5-7-15-9-10(2)3/h10-12,15H,4-9H2,1-3H3. The summed E-state index contributed by atoms with van der Waals surface area (Å²) in [6, 6.07) is 0. The second-order valence-electron chi connectivity index (χ2n) is 5.59. The zero-order valence-corrected chi connectivity index (χ0v) is 13.0. The number of ether oxygens (including phenoxy) is 1. The van der Waals surface area contributed by atoms with Gasteiger partial charge in [-0.3, -0.25) is 0 Å². The fourth-order valence-electron chi connectivity index (χ4n) is 2.44. The number of aromatic nitrogens is 2. The molecule has 108 valence electrons. The summed E-state index contributed by atoms with van der Waals surface area (Å²) in [7, 11) is 0. The fourth-order valence-corrected chi connectivity index (χ4v) is 3.47. The van der Waals surface area contributed by atoms with Crippen LogP contribution < -0.4 is 5.32 Å². The quantitative estimate of drug-likeness (QED) is 0.781. The van der Waals surface area contributed by atoms with E-state index in [1.807, 2.05) is 0 Å². The molecule has 0 radical (unpaired) electrons. The van der Waals surface area contributed by atoms with Crippen LogP contribution in [0.25, 0.3) is 0 Å². The van der Waals surface area contributed by atoms with Gasteiger partial charge in [-0.2, -0.15) is 0 Å². The van der Waals surface area contributed by atoms with Crippen LogP contribution in [0.4, 0.5) is 0 Å². The van der Waals surface area contributed by atoms with Gasteiger partial charge in [0.2, 0.25) is 0 Å². The van der Waals surface area contributed by atoms with E-state index in [9.17, 15) is 0 Å². The Bertz CT molecular complexity index is 381. The monoisotopic (exact) mass is 283 g/mol. The molecule has 1 aromatic heterocycles. The van der Waals surface area contributed by atoms with Crippen LogP contribution in [0.3, 0.4) is 0 Å². The van der Waals surface area contributed by atoms with E-state index in [2.05, 4.69) is 36.3 Å². The van der Waals surface area contributed by atoms with Crippen LogP contribution in [-0.4, -0.2) is 36.0 Å². The number of rotatable bonds is 7. The smallest absolute Gasteiger partial charge is 0.123 e. The van der Waals surface area contributed by atoms with E-state index in [0.717, 1.165) is 44.0 Å². The Labute approximate surface area is 120 Å². The highest BCUT2D eigenvalue weighted by molar-refractivity contribution is 7.11. The lowest BCUT2D eigenvalue weighted by Crippen LogP contribution is -2.22. The number of hydrogen-bond acceptors (Lipinski definition) is 5. The van der Waals surface area contributed by atoms with E-state index in [1.54, 1.807) is 11.3 Å². The van der Waals surface area contributed by atoms with Gasteiger partial charge in [0.1, 0.15) is 10.0 Å². The maximum Gasteiger partial charge on any atom is 0.123 e. The highest BCUT2D eigenvalue weighted by Gasteiger charge is 2.30. The van der Waals surface area contributed by atoms with Crippen LogP contribution in [0.15, 0.2) is 0 Å². The van der Waals surface area contributed by atoms with Gasteiger partial charge in [-0.05, 0) is 25.3 Å². The minimum Gasteiger partial charge on any atom is -0.377 e. The summed E-state index contributed by atoms with van der Waals surface area (Å²) in [4.78, 5) is 0. The Kier molecular flexibility index (Phi) is 5.73. The van der Waals surface area contributed by atoms with E-state index in [0.29, 0.717) is 17.9 Å². The number of nitrogens with one attached hydrogen (secondary N) is 1. The molecule has 2 rings (SSSR count). The molecule has 19 heavy (non-hydrogen) atoms. The van der Waals surface area contributed by atoms with Gasteiger partial charge in [0.15, 0.2) is 0 Å². The Hall–Kier alpha value is -0.520. The first-order chi connectivity index (χ1) is 9.20. The summed E-state index contributed by atoms with van der Waals surface area (Å²) in [6.45, 7) is 9.56. The van der Waals surface area contributed by atoms with Crippen molar-refractivity contribution in [3.63, 3.8) is 0 Å². The van der Waals surface area contributed by atoms with Crippen LogP contribution in [0, 0.1) is 5.92 Å². The van der Waals surface area contributed by atoms with Crippen molar-refractivity contribution in [2.75, 3.05) is 19.7 Å². The summed E-state index contributed by atoms with van der Waals surface area (Å²) in [5.74, 6) is 1.17. The topological polar surface area (TPSA) is 47.0 Å². The molecule has 1 fully saturated rings. The lowest BCUT2D eigenvalue weighted by atomic mass is 10.0. The molecule has 1 N–H and O–H groups in total. The molecule has 1 saturated heterocycles. The summed E-state index contributed by atoms with van der Waals surface area (Å²) in [6.07, 6.45) is 3.49. The van der Waals surface area contributed by atoms with Crippen molar-refractivity contribution < 1.29 is 4.74 Å². The van der Waals surface area contributed by atoms with Crippen molar-refractivity contribution in [2.24, 2.45) is 5.92 Å². The molecule has 1 aliphatic heterocycles. The molecule has 0 saturated carbocycles. The molecule has 0 amide bonds. The average Bonchev–Trinajstić information content (AvgIpc) is 3.02. The highest BCUT2D eigenvalue weighted by atomic mass is 32.1. The molecule has 1 aromatic rings. The Morgan fingerprint density at radius 2 is 2.26 bits per heavy atom. The molecule has 0 aliphatic carbocycles. The van der Waals surface area contributed by atoms with E-state index in [4.69, 9.17) is 4.74 Å². The molecule has 0 aromatic carbocycles. The van der Waals surface area contributed by atoms with Gasteiger partial charge < -0.3 is 10.1 Å². The van der Waals surface area contributed by atoms with Crippen LogP contribution in [0.2, 0.25) is 0 Å². The second-order valence-corrected chi connectivity index (χ2v) is 6.69. The van der Waals surface area contributed by atoms with E-state index in [-0.39, 0.29) is 0 Å². The van der Waals surface area contributed by atoms with Gasteiger partial charge >= 0.3 is 0 Å². The molecular formula is C14H25N3OS. The predicted molar refractivity (Wildman–Crippen MR) is 78.7 cm³/mol. The normalized spacial score (nSPS) is 23.4. The third kappa shape index (κ3) is 4.23. The van der Waals surface area contributed by atoms with Crippen molar-refractivity contribution in [2.45, 2.75) is 52.1 Å². The van der Waals surface area contributed by atoms with Gasteiger partial charge in [-0.1, -0.05) is 20.8 Å². The summed E-state index contributed by atoms with van der Waals surface area (Å²) in [5, 5.41) is 14.5. The highest BCUT2D eigenvalue weighted by Crippen LogP contribution is 2.34. The molecule has 2 heterocycles. The molecule has 4 nitrogen and oxygen atoms in total. The third-order valence-corrected chi connectivity index (χ3v) is 4.59. The van der Waals surface area contributed by atoms with Crippen LogP contribution in [0.1, 0.15) is 49.5 Å². The van der Waals surface area contributed by atoms with Crippen molar-refractivity contribution in [3.05, 3.63) is 10.0 Å². The first kappa shape index (κ1) is 14.9. The van der Waals surface area contributed by atoms with Gasteiger partial charge in [-0.15, -0.1) is 21.5 Å². The minimum atomic E-state index is 0.347. The van der Waals surface area contributed by atoms with Crippen LogP contribution in [0.5, 0.6) is 0 Å². The SMILES string of the molecule is CCC1OCCC1c1nnc(CCNCC(C)C)s1. The lowest BCUT2D eigenvalue weighted by Gasteiger charge is -2.12. The van der Waals surface area contributed by atoms with E-state index >= 15 is 0 Å². The number of hydrogen-bond donors (Lipinski definition) is 1. The molecule has 2 unspecified atom stereocenters. The van der Waals surface area contributed by atoms with Gasteiger partial charge in [0, 0.05) is 25.5 Å². The fraction of sp³-hybridized carbons (Fsp3) is 0.857. The zero-order valence-electron chi connectivity index (χ0n) is 12.2. The van der Waals surface area contributed by atoms with Gasteiger partial charge in [0.05, 0.1) is 6.10 Å². The predicted octanol–water partition coefficient (Wildman–Crippen LogP) is 2.61. The van der Waals surface area contributed by atoms with Gasteiger partial charge in [-0.25, -0.2) is 0 Å². The minimum absolute atomic E-state index is 0.347. The zero-order chi connectivity index (χ0) is 13.7. The van der Waals surface area contributed by atoms with Crippen molar-refractivity contribution in [3.8, 4) is 0 Å². The van der Waals surface area contributed by atoms with E-state index in [1.165, 1.54) is 5.01 Å². The second kappa shape index (κ2) is 7.31. The molecule has 2 atom stereocenters. The number of nitrogens with zero attached hydrogens (tertiary/aromatic N) is 2. The van der Waals surface area contributed by atoms with Gasteiger partial charge in [0.25, 0.3) is 0 Å². The lowest BCUT2D eigenvalue weighted by molar-refractivity contribution is 0.100. The van der Waals surface area contributed by atoms with Crippen LogP contribution in [-0.2, 0) is 11.2 Å². The maximum atomic E-state index is 5.73. The van der Waals surface area contributed by atoms with Crippen molar-refractivity contribution in [1.29, 1.82) is 0 Å². The molecular weight excluding hydrogens is 258 g/mol. The molecule has 0 spiro atoms. The largest absolute Gasteiger partial charge is 0.377 e. The molecule has 1 aliphatic rings. The average molecular weight is 283 g/mol. The Morgan fingerprint density at radius 1 is 1.42 bits per heavy atom. The van der Waals surface area contributed by atoms with E-state index < -0.39 is 0 Å². The van der Waals surface area contributed by atoms with Crippen LogP contribution >= 0.6 is 11.3 Å². The Morgan fingerprint density at radius 3 is 3.00 bits per heavy atom. The first-order valence-electron chi connectivity index (χ1n) is 7.35. The van der Waals surface area contributed by atoms with Crippen molar-refractivity contribution >= 4 is 11.3 Å². The summed E-state index contributed by atoms with van der Waals surface area (Å²) in [5.41, 5.74) is 0. The summed E-state index contributed by atoms with van der Waals surface area (Å²) < 4.78 is 5.73. The third-order valence-electron chi connectivity index (χ3n) is 3.48. The molecule has 5 heteroatoms. The molecule has 0 bridgehead atoms.